The molecule has 0 fully saturated rings. The molecule has 0 amide bonds. The normalized spacial score (nSPS) is 16.6. The van der Waals surface area contributed by atoms with Gasteiger partial charge in [0.25, 0.3) is 0 Å². The molecule has 7 heteroatoms. The number of fused-ring (bicyclic) bond motifs is 3. The number of benzene rings is 1. The van der Waals surface area contributed by atoms with E-state index in [4.69, 9.17) is 5.73 Å². The van der Waals surface area contributed by atoms with Gasteiger partial charge in [-0.25, -0.2) is 9.97 Å². The summed E-state index contributed by atoms with van der Waals surface area (Å²) < 4.78 is 0.958. The molecule has 4 rings (SSSR count). The minimum atomic E-state index is 0.0593. The van der Waals surface area contributed by atoms with E-state index in [0.29, 0.717) is 28.2 Å². The Bertz CT molecular complexity index is 985. The number of aryl methyl sites for hydroxylation is 1. The van der Waals surface area contributed by atoms with E-state index in [-0.39, 0.29) is 5.78 Å². The summed E-state index contributed by atoms with van der Waals surface area (Å²) in [5.74, 6) is 1.61. The maximum absolute atomic E-state index is 12.4. The first-order valence-electron chi connectivity index (χ1n) is 8.50. The predicted molar refractivity (Wildman–Crippen MR) is 112 cm³/mol. The van der Waals surface area contributed by atoms with Gasteiger partial charge in [-0.3, -0.25) is 4.79 Å². The second-order valence-electron chi connectivity index (χ2n) is 6.64. The van der Waals surface area contributed by atoms with Gasteiger partial charge in [-0.15, -0.1) is 11.3 Å². The zero-order chi connectivity index (χ0) is 18.3. The largest absolute Gasteiger partial charge is 0.383 e. The number of hydrogen-bond acceptors (Lipinski definition) is 6. The number of carbonyl (C=O) groups excluding carboxylic acids is 1. The summed E-state index contributed by atoms with van der Waals surface area (Å²) >= 11 is 6.46. The van der Waals surface area contributed by atoms with Crippen molar-refractivity contribution in [1.82, 2.24) is 9.97 Å². The number of nitrogens with two attached hydrogens (primary N) is 1. The second-order valence-corrected chi connectivity index (χ2v) is 9.58. The summed E-state index contributed by atoms with van der Waals surface area (Å²) in [6.45, 7) is 2.29. The number of halogens is 1. The number of nitrogens with zero attached hydrogens (tertiary/aromatic N) is 2. The Morgan fingerprint density at radius 2 is 2.12 bits per heavy atom. The SMILES string of the molecule is C[C@H]1CCc2c(sc3nc(SCC(=O)c4ccc(Br)cc4)nc(N)c23)C1. The van der Waals surface area contributed by atoms with Crippen molar-refractivity contribution in [3.8, 4) is 0 Å². The van der Waals surface area contributed by atoms with Crippen LogP contribution in [0.5, 0.6) is 0 Å². The number of aromatic nitrogens is 2. The summed E-state index contributed by atoms with van der Waals surface area (Å²) in [6, 6.07) is 7.38. The van der Waals surface area contributed by atoms with Gasteiger partial charge in [0.2, 0.25) is 0 Å². The Kier molecular flexibility index (Phi) is 5.03. The van der Waals surface area contributed by atoms with E-state index in [9.17, 15) is 4.79 Å². The summed E-state index contributed by atoms with van der Waals surface area (Å²) in [6.07, 6.45) is 3.34. The van der Waals surface area contributed by atoms with Crippen LogP contribution >= 0.6 is 39.0 Å². The first kappa shape index (κ1) is 17.9. The Hall–Kier alpha value is -1.44. The van der Waals surface area contributed by atoms with Crippen LogP contribution < -0.4 is 5.73 Å². The van der Waals surface area contributed by atoms with Crippen molar-refractivity contribution in [3.05, 3.63) is 44.7 Å². The molecular formula is C19H18BrN3OS2. The molecular weight excluding hydrogens is 430 g/mol. The average Bonchev–Trinajstić information content (AvgIpc) is 2.98. The molecule has 2 aromatic heterocycles. The molecule has 0 aliphatic heterocycles. The van der Waals surface area contributed by atoms with Gasteiger partial charge >= 0.3 is 0 Å². The molecule has 0 saturated heterocycles. The van der Waals surface area contributed by atoms with Crippen LogP contribution in [0.4, 0.5) is 5.82 Å². The number of anilines is 1. The van der Waals surface area contributed by atoms with Gasteiger partial charge in [0, 0.05) is 14.9 Å². The fourth-order valence-corrected chi connectivity index (χ4v) is 5.72. The number of hydrogen-bond donors (Lipinski definition) is 1. The van der Waals surface area contributed by atoms with Gasteiger partial charge in [0.05, 0.1) is 11.1 Å². The highest BCUT2D eigenvalue weighted by atomic mass is 79.9. The topological polar surface area (TPSA) is 68.9 Å². The van der Waals surface area contributed by atoms with E-state index >= 15 is 0 Å². The molecule has 0 spiro atoms. The van der Waals surface area contributed by atoms with E-state index in [1.54, 1.807) is 11.3 Å². The van der Waals surface area contributed by atoms with E-state index in [0.717, 1.165) is 27.5 Å². The van der Waals surface area contributed by atoms with Gasteiger partial charge in [0.15, 0.2) is 10.9 Å². The third-order valence-corrected chi connectivity index (χ3v) is 7.19. The number of thioether (sulfide) groups is 1. The highest BCUT2D eigenvalue weighted by Gasteiger charge is 2.23. The molecule has 1 aromatic carbocycles. The maximum Gasteiger partial charge on any atom is 0.191 e. The summed E-state index contributed by atoms with van der Waals surface area (Å²) in [5.41, 5.74) is 8.27. The van der Waals surface area contributed by atoms with E-state index in [1.807, 2.05) is 24.3 Å². The second kappa shape index (κ2) is 7.29. The lowest BCUT2D eigenvalue weighted by Crippen LogP contribution is -2.09. The number of thiophene rings is 1. The number of ketones is 1. The molecule has 0 bridgehead atoms. The number of Topliss-reactive ketones (excluding diaryl/α,β-unsaturated/α-hetero) is 1. The first-order valence-corrected chi connectivity index (χ1v) is 11.1. The van der Waals surface area contributed by atoms with E-state index < -0.39 is 0 Å². The minimum absolute atomic E-state index is 0.0593. The first-order chi connectivity index (χ1) is 12.5. The molecule has 26 heavy (non-hydrogen) atoms. The molecule has 0 saturated carbocycles. The van der Waals surface area contributed by atoms with Crippen molar-refractivity contribution in [2.24, 2.45) is 5.92 Å². The predicted octanol–water partition coefficient (Wildman–Crippen LogP) is 5.14. The lowest BCUT2D eigenvalue weighted by molar-refractivity contribution is 0.102. The van der Waals surface area contributed by atoms with Crippen LogP contribution in [0.3, 0.4) is 0 Å². The zero-order valence-electron chi connectivity index (χ0n) is 14.3. The molecule has 1 atom stereocenters. The number of nitrogen functional groups attached to an aromatic ring is 1. The lowest BCUT2D eigenvalue weighted by Gasteiger charge is -2.17. The Morgan fingerprint density at radius 1 is 1.35 bits per heavy atom. The molecule has 2 N–H and O–H groups in total. The molecule has 0 unspecified atom stereocenters. The van der Waals surface area contributed by atoms with Crippen LogP contribution in [0.1, 0.15) is 34.1 Å². The van der Waals surface area contributed by atoms with E-state index in [2.05, 4.69) is 32.8 Å². The van der Waals surface area contributed by atoms with Crippen molar-refractivity contribution in [2.45, 2.75) is 31.3 Å². The smallest absolute Gasteiger partial charge is 0.191 e. The lowest BCUT2D eigenvalue weighted by atomic mass is 9.89. The highest BCUT2D eigenvalue weighted by molar-refractivity contribution is 9.10. The molecule has 0 radical (unpaired) electrons. The maximum atomic E-state index is 12.4. The van der Waals surface area contributed by atoms with Gasteiger partial charge in [-0.2, -0.15) is 0 Å². The van der Waals surface area contributed by atoms with Gasteiger partial charge in [-0.1, -0.05) is 46.7 Å². The molecule has 4 nitrogen and oxygen atoms in total. The van der Waals surface area contributed by atoms with Crippen LogP contribution in [0.25, 0.3) is 10.2 Å². The average molecular weight is 448 g/mol. The highest BCUT2D eigenvalue weighted by Crippen LogP contribution is 2.39. The van der Waals surface area contributed by atoms with Crippen LogP contribution in [0.2, 0.25) is 0 Å². The third-order valence-electron chi connectivity index (χ3n) is 4.66. The van der Waals surface area contributed by atoms with Crippen LogP contribution in [-0.4, -0.2) is 21.5 Å². The van der Waals surface area contributed by atoms with Crippen molar-refractivity contribution < 1.29 is 4.79 Å². The fourth-order valence-electron chi connectivity index (χ4n) is 3.26. The van der Waals surface area contributed by atoms with Crippen molar-refractivity contribution in [2.75, 3.05) is 11.5 Å². The molecule has 1 aliphatic rings. The third kappa shape index (κ3) is 3.52. The summed E-state index contributed by atoms with van der Waals surface area (Å²) in [5, 5.41) is 1.60. The van der Waals surface area contributed by atoms with Crippen molar-refractivity contribution in [1.29, 1.82) is 0 Å². The number of rotatable bonds is 4. The van der Waals surface area contributed by atoms with Gasteiger partial charge < -0.3 is 5.73 Å². The van der Waals surface area contributed by atoms with Crippen LogP contribution in [0, 0.1) is 5.92 Å². The number of carbonyl (C=O) groups is 1. The van der Waals surface area contributed by atoms with Crippen molar-refractivity contribution >= 4 is 60.8 Å². The monoisotopic (exact) mass is 447 g/mol. The minimum Gasteiger partial charge on any atom is -0.383 e. The van der Waals surface area contributed by atoms with Gasteiger partial charge in [-0.05, 0) is 42.9 Å². The zero-order valence-corrected chi connectivity index (χ0v) is 17.5. The summed E-state index contributed by atoms with van der Waals surface area (Å²) in [7, 11) is 0. The van der Waals surface area contributed by atoms with Crippen LogP contribution in [-0.2, 0) is 12.8 Å². The van der Waals surface area contributed by atoms with Crippen molar-refractivity contribution in [3.63, 3.8) is 0 Å². The standard InChI is InChI=1S/C19H18BrN3OS2/c1-10-2-7-13-15(8-10)26-18-16(13)17(21)22-19(23-18)25-9-14(24)11-3-5-12(20)6-4-11/h3-6,10H,2,7-9H2,1H3,(H2,21,22,23)/t10-/m0/s1. The quantitative estimate of drug-likeness (QED) is 0.340. The molecule has 1 aliphatic carbocycles. The molecule has 3 aromatic rings. The molecule has 134 valence electrons. The molecule has 2 heterocycles. The van der Waals surface area contributed by atoms with Crippen LogP contribution in [0.15, 0.2) is 33.9 Å². The summed E-state index contributed by atoms with van der Waals surface area (Å²) in [4.78, 5) is 23.8. The Morgan fingerprint density at radius 3 is 2.88 bits per heavy atom. The van der Waals surface area contributed by atoms with Gasteiger partial charge in [0.1, 0.15) is 10.6 Å². The fraction of sp³-hybridized carbons (Fsp3) is 0.316. The Labute approximate surface area is 168 Å². The Balaban J connectivity index is 1.56. The van der Waals surface area contributed by atoms with E-state index in [1.165, 1.54) is 28.6 Å².